The molecule has 8 nitrogen and oxygen atoms in total. The first-order chi connectivity index (χ1) is 17.2. The van der Waals surface area contributed by atoms with E-state index >= 15 is 0 Å². The lowest BCUT2D eigenvalue weighted by atomic mass is 9.84. The zero-order valence-corrected chi connectivity index (χ0v) is 21.0. The second-order valence-corrected chi connectivity index (χ2v) is 9.97. The van der Waals surface area contributed by atoms with Crippen molar-refractivity contribution in [2.24, 2.45) is 5.92 Å². The van der Waals surface area contributed by atoms with Crippen molar-refractivity contribution in [3.05, 3.63) is 63.3 Å². The second kappa shape index (κ2) is 9.77. The van der Waals surface area contributed by atoms with E-state index < -0.39 is 29.1 Å². The fourth-order valence-electron chi connectivity index (χ4n) is 4.59. The van der Waals surface area contributed by atoms with Gasteiger partial charge < -0.3 is 19.7 Å². The molecule has 0 saturated carbocycles. The van der Waals surface area contributed by atoms with Crippen LogP contribution in [0.3, 0.4) is 0 Å². The number of hydrogen-bond donors (Lipinski definition) is 2. The molecule has 1 saturated heterocycles. The maximum atomic E-state index is 13.8. The van der Waals surface area contributed by atoms with Crippen LogP contribution in [0.1, 0.15) is 67.2 Å². The van der Waals surface area contributed by atoms with Crippen molar-refractivity contribution >= 4 is 16.9 Å². The summed E-state index contributed by atoms with van der Waals surface area (Å²) in [5.41, 5.74) is -2.85. The van der Waals surface area contributed by atoms with Crippen LogP contribution in [0.2, 0.25) is 0 Å². The molecule has 1 aromatic carbocycles. The highest BCUT2D eigenvalue weighted by molar-refractivity contribution is 5.94. The molecule has 198 valence electrons. The number of aryl methyl sites for hydroxylation is 1. The lowest BCUT2D eigenvalue weighted by Gasteiger charge is -2.38. The first-order valence-corrected chi connectivity index (χ1v) is 12.0. The Morgan fingerprint density at radius 1 is 1.22 bits per heavy atom. The van der Waals surface area contributed by atoms with Crippen LogP contribution in [0.4, 0.5) is 13.2 Å². The Labute approximate surface area is 211 Å². The number of benzene rings is 1. The number of rotatable bonds is 5. The zero-order chi connectivity index (χ0) is 27.1. The number of aliphatic hydroxyl groups is 1. The molecule has 1 fully saturated rings. The van der Waals surface area contributed by atoms with E-state index in [1.165, 1.54) is 26.0 Å². The molecule has 4 rings (SSSR count). The number of carbonyl (C=O) groups excluding carboxylic acids is 1. The number of H-pyrrole nitrogens is 1. The molecule has 2 unspecified atom stereocenters. The number of aromatic nitrogens is 3. The standard InChI is InChI=1S/C26H29F3N4O4/c1-14(19-12-20-22(30-15(2)31-23(20)34)32-21(19)26(27,28)29)37-18-9-7-16(8-10-18)24(35)33-11-5-6-17(13-33)25(3,4)36/h7-10,12,14,17,36H,5-6,11,13H2,1-4H3,(H,30,31,32,34). The molecule has 0 bridgehead atoms. The van der Waals surface area contributed by atoms with E-state index in [0.717, 1.165) is 18.9 Å². The number of amides is 1. The van der Waals surface area contributed by atoms with Gasteiger partial charge in [0, 0.05) is 30.1 Å². The highest BCUT2D eigenvalue weighted by Gasteiger charge is 2.38. The normalized spacial score (nSPS) is 17.6. The monoisotopic (exact) mass is 518 g/mol. The quantitative estimate of drug-likeness (QED) is 0.518. The van der Waals surface area contributed by atoms with E-state index in [1.807, 2.05) is 0 Å². The number of pyridine rings is 1. The van der Waals surface area contributed by atoms with Gasteiger partial charge in [0.2, 0.25) is 0 Å². The third-order valence-electron chi connectivity index (χ3n) is 6.67. The van der Waals surface area contributed by atoms with Crippen molar-refractivity contribution in [3.63, 3.8) is 0 Å². The minimum absolute atomic E-state index is 0.0293. The number of alkyl halides is 3. The smallest absolute Gasteiger partial charge is 0.433 e. The summed E-state index contributed by atoms with van der Waals surface area (Å²) < 4.78 is 47.2. The average Bonchev–Trinajstić information content (AvgIpc) is 2.82. The van der Waals surface area contributed by atoms with Crippen molar-refractivity contribution in [2.75, 3.05) is 13.1 Å². The molecular weight excluding hydrogens is 489 g/mol. The van der Waals surface area contributed by atoms with Crippen molar-refractivity contribution in [1.29, 1.82) is 0 Å². The Bertz CT molecular complexity index is 1360. The Morgan fingerprint density at radius 2 is 1.89 bits per heavy atom. The number of hydrogen-bond acceptors (Lipinski definition) is 6. The summed E-state index contributed by atoms with van der Waals surface area (Å²) in [6.07, 6.45) is -4.27. The van der Waals surface area contributed by atoms with Crippen molar-refractivity contribution in [3.8, 4) is 5.75 Å². The summed E-state index contributed by atoms with van der Waals surface area (Å²) in [5.74, 6) is 0.193. The number of likely N-dealkylation sites (tertiary alicyclic amines) is 1. The van der Waals surface area contributed by atoms with Gasteiger partial charge in [0.15, 0.2) is 11.3 Å². The first kappa shape index (κ1) is 26.6. The molecule has 37 heavy (non-hydrogen) atoms. The highest BCUT2D eigenvalue weighted by Crippen LogP contribution is 2.36. The van der Waals surface area contributed by atoms with Gasteiger partial charge in [-0.05, 0) is 70.9 Å². The van der Waals surface area contributed by atoms with Gasteiger partial charge in [0.25, 0.3) is 11.5 Å². The number of piperidine rings is 1. The molecule has 0 aliphatic carbocycles. The lowest BCUT2D eigenvalue weighted by molar-refractivity contribution is -0.142. The summed E-state index contributed by atoms with van der Waals surface area (Å²) in [5, 5.41) is 10.3. The van der Waals surface area contributed by atoms with Gasteiger partial charge in [-0.15, -0.1) is 0 Å². The van der Waals surface area contributed by atoms with Crippen LogP contribution < -0.4 is 10.3 Å². The molecule has 11 heteroatoms. The number of carbonyl (C=O) groups is 1. The predicted molar refractivity (Wildman–Crippen MR) is 130 cm³/mol. The van der Waals surface area contributed by atoms with Crippen LogP contribution in [0, 0.1) is 12.8 Å². The van der Waals surface area contributed by atoms with Gasteiger partial charge in [0.1, 0.15) is 17.7 Å². The van der Waals surface area contributed by atoms with Crippen molar-refractivity contribution < 1.29 is 27.8 Å². The van der Waals surface area contributed by atoms with E-state index in [4.69, 9.17) is 4.74 Å². The minimum atomic E-state index is -4.79. The summed E-state index contributed by atoms with van der Waals surface area (Å²) in [6, 6.07) is 7.24. The Morgan fingerprint density at radius 3 is 2.51 bits per heavy atom. The van der Waals surface area contributed by atoms with Gasteiger partial charge in [-0.25, -0.2) is 9.97 Å². The van der Waals surface area contributed by atoms with Crippen LogP contribution in [-0.4, -0.2) is 49.6 Å². The number of halogens is 3. The van der Waals surface area contributed by atoms with Crippen LogP contribution >= 0.6 is 0 Å². The van der Waals surface area contributed by atoms with Gasteiger partial charge in [0.05, 0.1) is 11.0 Å². The third kappa shape index (κ3) is 5.76. The summed E-state index contributed by atoms with van der Waals surface area (Å²) >= 11 is 0. The topological polar surface area (TPSA) is 108 Å². The summed E-state index contributed by atoms with van der Waals surface area (Å²) in [6.45, 7) is 7.39. The fraction of sp³-hybridized carbons (Fsp3) is 0.462. The van der Waals surface area contributed by atoms with Crippen molar-refractivity contribution in [1.82, 2.24) is 19.9 Å². The van der Waals surface area contributed by atoms with E-state index in [9.17, 15) is 27.9 Å². The lowest BCUT2D eigenvalue weighted by Crippen LogP contribution is -2.46. The van der Waals surface area contributed by atoms with Crippen LogP contribution in [0.15, 0.2) is 35.1 Å². The van der Waals surface area contributed by atoms with E-state index in [-0.39, 0.29) is 40.0 Å². The molecule has 3 heterocycles. The molecule has 2 N–H and O–H groups in total. The fourth-order valence-corrected chi connectivity index (χ4v) is 4.59. The minimum Gasteiger partial charge on any atom is -0.486 e. The molecule has 1 aliphatic rings. The molecule has 1 amide bonds. The van der Waals surface area contributed by atoms with E-state index in [1.54, 1.807) is 30.9 Å². The summed E-state index contributed by atoms with van der Waals surface area (Å²) in [4.78, 5) is 37.0. The summed E-state index contributed by atoms with van der Waals surface area (Å²) in [7, 11) is 0. The zero-order valence-electron chi connectivity index (χ0n) is 21.0. The number of nitrogens with zero attached hydrogens (tertiary/aromatic N) is 3. The third-order valence-corrected chi connectivity index (χ3v) is 6.67. The second-order valence-electron chi connectivity index (χ2n) is 9.97. The Kier molecular flexibility index (Phi) is 7.02. The SMILES string of the molecule is Cc1nc2nc(C(F)(F)F)c(C(C)Oc3ccc(C(=O)N4CCCC(C(C)(C)O)C4)cc3)cc2c(=O)[nH]1. The molecular formula is C26H29F3N4O4. The number of nitrogens with one attached hydrogen (secondary N) is 1. The Hall–Kier alpha value is -3.47. The molecule has 3 aromatic rings. The average molecular weight is 519 g/mol. The molecule has 0 radical (unpaired) electrons. The number of ether oxygens (including phenoxy) is 1. The highest BCUT2D eigenvalue weighted by atomic mass is 19.4. The maximum Gasteiger partial charge on any atom is 0.433 e. The number of fused-ring (bicyclic) bond motifs is 1. The van der Waals surface area contributed by atoms with Gasteiger partial charge in [-0.3, -0.25) is 9.59 Å². The molecule has 1 aliphatic heterocycles. The van der Waals surface area contributed by atoms with Gasteiger partial charge >= 0.3 is 6.18 Å². The van der Waals surface area contributed by atoms with Crippen LogP contribution in [0.5, 0.6) is 5.75 Å². The first-order valence-electron chi connectivity index (χ1n) is 12.0. The largest absolute Gasteiger partial charge is 0.486 e. The van der Waals surface area contributed by atoms with Crippen LogP contribution in [-0.2, 0) is 6.18 Å². The Balaban J connectivity index is 1.56. The predicted octanol–water partition coefficient (Wildman–Crippen LogP) is 4.41. The molecule has 2 atom stereocenters. The van der Waals surface area contributed by atoms with Crippen molar-refractivity contribution in [2.45, 2.75) is 58.4 Å². The van der Waals surface area contributed by atoms with Crippen LogP contribution in [0.25, 0.3) is 11.0 Å². The molecule has 0 spiro atoms. The van der Waals surface area contributed by atoms with Gasteiger partial charge in [-0.1, -0.05) is 0 Å². The van der Waals surface area contributed by atoms with E-state index in [2.05, 4.69) is 15.0 Å². The number of aromatic amines is 1. The van der Waals surface area contributed by atoms with Gasteiger partial charge in [-0.2, -0.15) is 13.2 Å². The molecule has 2 aromatic heterocycles. The maximum absolute atomic E-state index is 13.8. The van der Waals surface area contributed by atoms with E-state index in [0.29, 0.717) is 18.7 Å².